The minimum absolute atomic E-state index is 0.0601. The van der Waals surface area contributed by atoms with Crippen molar-refractivity contribution in [2.75, 3.05) is 19.5 Å². The average Bonchev–Trinajstić information content (AvgIpc) is 2.96. The van der Waals surface area contributed by atoms with Crippen LogP contribution in [0.15, 0.2) is 29.0 Å². The molecule has 0 aliphatic rings. The highest BCUT2D eigenvalue weighted by Crippen LogP contribution is 2.24. The minimum atomic E-state index is -0.390. The van der Waals surface area contributed by atoms with Gasteiger partial charge in [-0.25, -0.2) is 19.7 Å². The zero-order valence-corrected chi connectivity index (χ0v) is 15.7. The summed E-state index contributed by atoms with van der Waals surface area (Å²) in [5.41, 5.74) is 8.49. The Morgan fingerprint density at radius 3 is 2.88 bits per heavy atom. The van der Waals surface area contributed by atoms with Gasteiger partial charge in [-0.05, 0) is 40.0 Å². The number of nitrogens with two attached hydrogens (primary N) is 1. The van der Waals surface area contributed by atoms with Crippen LogP contribution in [-0.2, 0) is 17.7 Å². The highest BCUT2D eigenvalue weighted by molar-refractivity contribution is 9.10. The number of hydrogen-bond acceptors (Lipinski definition) is 7. The number of methoxy groups -OCH3 is 1. The number of fused-ring (bicyclic) bond motifs is 1. The van der Waals surface area contributed by atoms with Crippen LogP contribution in [0.1, 0.15) is 28.2 Å². The van der Waals surface area contributed by atoms with Gasteiger partial charge in [0.05, 0.1) is 19.2 Å². The van der Waals surface area contributed by atoms with Gasteiger partial charge in [0.25, 0.3) is 0 Å². The lowest BCUT2D eigenvalue weighted by molar-refractivity contribution is 0.0600. The Morgan fingerprint density at radius 2 is 2.15 bits per heavy atom. The van der Waals surface area contributed by atoms with Crippen molar-refractivity contribution in [3.05, 3.63) is 46.0 Å². The number of rotatable bonds is 6. The van der Waals surface area contributed by atoms with Gasteiger partial charge in [0.15, 0.2) is 21.7 Å². The number of hydrogen-bond donors (Lipinski definition) is 2. The molecule has 3 N–H and O–H groups in total. The van der Waals surface area contributed by atoms with Crippen molar-refractivity contribution in [1.29, 1.82) is 0 Å². The smallest absolute Gasteiger partial charge is 0.337 e. The molecule has 0 fully saturated rings. The molecule has 0 aliphatic carbocycles. The summed E-state index contributed by atoms with van der Waals surface area (Å²) in [6, 6.07) is 7.16. The van der Waals surface area contributed by atoms with Crippen LogP contribution >= 0.6 is 15.9 Å². The number of carbonyl (C=O) groups is 1. The zero-order valence-electron chi connectivity index (χ0n) is 14.1. The van der Waals surface area contributed by atoms with Crippen molar-refractivity contribution in [2.24, 2.45) is 0 Å². The van der Waals surface area contributed by atoms with Crippen LogP contribution in [-0.4, -0.2) is 44.3 Å². The van der Waals surface area contributed by atoms with Crippen molar-refractivity contribution in [1.82, 2.24) is 19.5 Å². The van der Waals surface area contributed by atoms with Crippen LogP contribution in [0, 0.1) is 0 Å². The van der Waals surface area contributed by atoms with Crippen molar-refractivity contribution < 1.29 is 14.6 Å². The molecule has 9 heteroatoms. The van der Waals surface area contributed by atoms with Gasteiger partial charge in [-0.15, -0.1) is 0 Å². The number of nitrogens with zero attached hydrogens (tertiary/aromatic N) is 4. The Kier molecular flexibility index (Phi) is 5.48. The molecule has 0 saturated carbocycles. The van der Waals surface area contributed by atoms with Crippen molar-refractivity contribution in [3.63, 3.8) is 0 Å². The Morgan fingerprint density at radius 1 is 1.35 bits per heavy atom. The average molecular weight is 420 g/mol. The van der Waals surface area contributed by atoms with Crippen LogP contribution in [0.25, 0.3) is 11.2 Å². The summed E-state index contributed by atoms with van der Waals surface area (Å²) in [5.74, 6) is 0.464. The number of ether oxygens (including phenoxy) is 1. The Labute approximate surface area is 158 Å². The van der Waals surface area contributed by atoms with Crippen LogP contribution in [0.4, 0.5) is 5.82 Å². The van der Waals surface area contributed by atoms with Gasteiger partial charge in [-0.1, -0.05) is 12.1 Å². The molecule has 0 bridgehead atoms. The van der Waals surface area contributed by atoms with Crippen LogP contribution in [0.2, 0.25) is 0 Å². The van der Waals surface area contributed by atoms with Gasteiger partial charge in [-0.3, -0.25) is 4.57 Å². The van der Waals surface area contributed by atoms with E-state index in [0.29, 0.717) is 52.5 Å². The summed E-state index contributed by atoms with van der Waals surface area (Å²) in [7, 11) is 1.35. The standard InChI is InChI=1S/C17H18BrN5O3/c1-26-16(25)11-5-2-4-10(8-11)9-23-15-13(22-17(23)18)14(19)20-12(21-15)6-3-7-24/h2,4-5,8,24H,3,6-7,9H2,1H3,(H2,19,20,21). The molecule has 2 aromatic heterocycles. The van der Waals surface area contributed by atoms with Crippen LogP contribution < -0.4 is 5.73 Å². The molecular formula is C17H18BrN5O3. The molecule has 8 nitrogen and oxygen atoms in total. The SMILES string of the molecule is COC(=O)c1cccc(Cn2c(Br)nc3c(N)nc(CCCO)nc32)c1. The van der Waals surface area contributed by atoms with Crippen LogP contribution in [0.5, 0.6) is 0 Å². The Balaban J connectivity index is 2.00. The molecule has 136 valence electrons. The van der Waals surface area contributed by atoms with Crippen molar-refractivity contribution >= 4 is 38.9 Å². The number of carbonyl (C=O) groups excluding carboxylic acids is 1. The lowest BCUT2D eigenvalue weighted by atomic mass is 10.1. The van der Waals surface area contributed by atoms with E-state index in [4.69, 9.17) is 15.6 Å². The number of aryl methyl sites for hydroxylation is 1. The van der Waals surface area contributed by atoms with E-state index in [0.717, 1.165) is 5.56 Å². The number of aromatic nitrogens is 4. The first-order valence-corrected chi connectivity index (χ1v) is 8.79. The number of aliphatic hydroxyl groups is 1. The van der Waals surface area contributed by atoms with E-state index in [1.165, 1.54) is 7.11 Å². The first-order valence-electron chi connectivity index (χ1n) is 7.99. The fourth-order valence-corrected chi connectivity index (χ4v) is 3.10. The number of anilines is 1. The third kappa shape index (κ3) is 3.68. The molecule has 26 heavy (non-hydrogen) atoms. The Bertz CT molecular complexity index is 957. The van der Waals surface area contributed by atoms with Crippen molar-refractivity contribution in [3.8, 4) is 0 Å². The van der Waals surface area contributed by atoms with E-state index in [1.54, 1.807) is 18.2 Å². The number of aliphatic hydroxyl groups excluding tert-OH is 1. The normalized spacial score (nSPS) is 11.0. The third-order valence-electron chi connectivity index (χ3n) is 3.87. The molecule has 0 saturated heterocycles. The third-order valence-corrected chi connectivity index (χ3v) is 4.47. The van der Waals surface area contributed by atoms with Gasteiger partial charge in [0, 0.05) is 13.0 Å². The van der Waals surface area contributed by atoms with Gasteiger partial charge in [0.2, 0.25) is 0 Å². The molecule has 3 rings (SSSR count). The second-order valence-corrected chi connectivity index (χ2v) is 6.39. The van der Waals surface area contributed by atoms with Gasteiger partial charge < -0.3 is 15.6 Å². The zero-order chi connectivity index (χ0) is 18.7. The molecule has 1 aromatic carbocycles. The lowest BCUT2D eigenvalue weighted by Gasteiger charge is -2.08. The molecule has 0 unspecified atom stereocenters. The first kappa shape index (κ1) is 18.3. The summed E-state index contributed by atoms with van der Waals surface area (Å²) in [5, 5.41) is 9.01. The monoisotopic (exact) mass is 419 g/mol. The number of esters is 1. The molecule has 0 spiro atoms. The van der Waals surface area contributed by atoms with E-state index in [2.05, 4.69) is 30.9 Å². The lowest BCUT2D eigenvalue weighted by Crippen LogP contribution is -2.07. The largest absolute Gasteiger partial charge is 0.465 e. The molecule has 0 radical (unpaired) electrons. The predicted octanol–water partition coefficient (Wildman–Crippen LogP) is 1.93. The first-order chi connectivity index (χ1) is 12.5. The second kappa shape index (κ2) is 7.79. The number of benzene rings is 1. The molecular weight excluding hydrogens is 402 g/mol. The summed E-state index contributed by atoms with van der Waals surface area (Å²) < 4.78 is 7.18. The topological polar surface area (TPSA) is 116 Å². The summed E-state index contributed by atoms with van der Waals surface area (Å²) in [4.78, 5) is 24.9. The van der Waals surface area contributed by atoms with E-state index in [-0.39, 0.29) is 12.6 Å². The molecule has 3 aromatic rings. The quantitative estimate of drug-likeness (QED) is 0.462. The second-order valence-electron chi connectivity index (χ2n) is 5.68. The number of nitrogen functional groups attached to an aromatic ring is 1. The maximum absolute atomic E-state index is 11.7. The predicted molar refractivity (Wildman–Crippen MR) is 99.7 cm³/mol. The highest BCUT2D eigenvalue weighted by atomic mass is 79.9. The fraction of sp³-hybridized carbons (Fsp3) is 0.294. The van der Waals surface area contributed by atoms with E-state index >= 15 is 0 Å². The van der Waals surface area contributed by atoms with Crippen LogP contribution in [0.3, 0.4) is 0 Å². The summed E-state index contributed by atoms with van der Waals surface area (Å²) in [6.45, 7) is 0.502. The van der Waals surface area contributed by atoms with E-state index in [9.17, 15) is 4.79 Å². The molecule has 2 heterocycles. The Hall–Kier alpha value is -2.52. The number of imidazole rings is 1. The molecule has 0 aliphatic heterocycles. The summed E-state index contributed by atoms with van der Waals surface area (Å²) in [6.07, 6.45) is 1.08. The minimum Gasteiger partial charge on any atom is -0.465 e. The van der Waals surface area contributed by atoms with E-state index < -0.39 is 0 Å². The molecule has 0 atom stereocenters. The van der Waals surface area contributed by atoms with Gasteiger partial charge >= 0.3 is 5.97 Å². The number of halogens is 1. The summed E-state index contributed by atoms with van der Waals surface area (Å²) >= 11 is 3.44. The maximum atomic E-state index is 11.7. The molecule has 0 amide bonds. The van der Waals surface area contributed by atoms with Gasteiger partial charge in [-0.2, -0.15) is 0 Å². The van der Waals surface area contributed by atoms with Crippen molar-refractivity contribution in [2.45, 2.75) is 19.4 Å². The highest BCUT2D eigenvalue weighted by Gasteiger charge is 2.16. The van der Waals surface area contributed by atoms with E-state index in [1.807, 2.05) is 10.6 Å². The maximum Gasteiger partial charge on any atom is 0.337 e. The van der Waals surface area contributed by atoms with Gasteiger partial charge in [0.1, 0.15) is 5.82 Å². The fourth-order valence-electron chi connectivity index (χ4n) is 2.63.